The summed E-state index contributed by atoms with van der Waals surface area (Å²) in [7, 11) is -1.41. The number of amides is 1. The fourth-order valence-corrected chi connectivity index (χ4v) is 2.87. The van der Waals surface area contributed by atoms with Gasteiger partial charge in [-0.3, -0.25) is 9.00 Å². The Balaban J connectivity index is 2.56. The fourth-order valence-electron chi connectivity index (χ4n) is 1.67. The molecule has 1 amide bonds. The molecule has 0 aromatic heterocycles. The molecule has 0 aliphatic heterocycles. The molecule has 3 nitrogen and oxygen atoms in total. The van der Waals surface area contributed by atoms with Crippen LogP contribution in [0.4, 0.5) is 0 Å². The maximum atomic E-state index is 12.2. The third-order valence-electron chi connectivity index (χ3n) is 2.69. The predicted octanol–water partition coefficient (Wildman–Crippen LogP) is 1.82. The average Bonchev–Trinajstić information content (AvgIpc) is 2.36. The van der Waals surface area contributed by atoms with E-state index in [1.54, 1.807) is 13.0 Å². The van der Waals surface area contributed by atoms with Crippen LogP contribution < -0.4 is 5.73 Å². The Bertz CT molecular complexity index is 589. The van der Waals surface area contributed by atoms with Crippen molar-refractivity contribution in [1.82, 2.24) is 0 Å². The molecule has 0 bridgehead atoms. The van der Waals surface area contributed by atoms with E-state index in [9.17, 15) is 9.00 Å². The van der Waals surface area contributed by atoms with Crippen molar-refractivity contribution in [1.29, 1.82) is 0 Å². The van der Waals surface area contributed by atoms with Crippen molar-refractivity contribution < 1.29 is 9.00 Å². The van der Waals surface area contributed by atoms with Crippen LogP contribution in [0.5, 0.6) is 0 Å². The van der Waals surface area contributed by atoms with Gasteiger partial charge in [0.15, 0.2) is 0 Å². The minimum absolute atomic E-state index is 0.545. The van der Waals surface area contributed by atoms with Crippen LogP contribution in [-0.2, 0) is 15.6 Å². The van der Waals surface area contributed by atoms with Gasteiger partial charge in [-0.15, -0.1) is 0 Å². The SMILES string of the molecule is CC(C(N)=O)S(=O)c1cccc2ccccc12. The maximum absolute atomic E-state index is 12.2. The summed E-state index contributed by atoms with van der Waals surface area (Å²) in [4.78, 5) is 11.7. The van der Waals surface area contributed by atoms with Gasteiger partial charge in [-0.2, -0.15) is 0 Å². The minimum atomic E-state index is -1.41. The van der Waals surface area contributed by atoms with Gasteiger partial charge < -0.3 is 5.73 Å². The van der Waals surface area contributed by atoms with Crippen molar-refractivity contribution in [3.8, 4) is 0 Å². The summed E-state index contributed by atoms with van der Waals surface area (Å²) in [5.41, 5.74) is 5.19. The summed E-state index contributed by atoms with van der Waals surface area (Å²) in [6.07, 6.45) is 0. The lowest BCUT2D eigenvalue weighted by atomic mass is 10.1. The normalized spacial score (nSPS) is 14.4. The highest BCUT2D eigenvalue weighted by Crippen LogP contribution is 2.23. The molecular formula is C13H13NO2S. The van der Waals surface area contributed by atoms with Crippen molar-refractivity contribution in [3.63, 3.8) is 0 Å². The molecule has 0 heterocycles. The fraction of sp³-hybridized carbons (Fsp3) is 0.154. The Kier molecular flexibility index (Phi) is 3.24. The van der Waals surface area contributed by atoms with Gasteiger partial charge in [0.25, 0.3) is 0 Å². The summed E-state index contributed by atoms with van der Waals surface area (Å²) < 4.78 is 12.2. The van der Waals surface area contributed by atoms with Gasteiger partial charge in [0.2, 0.25) is 5.91 Å². The second kappa shape index (κ2) is 4.67. The van der Waals surface area contributed by atoms with Gasteiger partial charge in [-0.1, -0.05) is 36.4 Å². The third-order valence-corrected chi connectivity index (χ3v) is 4.35. The number of benzene rings is 2. The Labute approximate surface area is 102 Å². The lowest BCUT2D eigenvalue weighted by molar-refractivity contribution is -0.117. The average molecular weight is 247 g/mol. The van der Waals surface area contributed by atoms with E-state index in [1.807, 2.05) is 36.4 Å². The molecule has 17 heavy (non-hydrogen) atoms. The smallest absolute Gasteiger partial charge is 0.233 e. The molecule has 0 aliphatic carbocycles. The quantitative estimate of drug-likeness (QED) is 0.899. The third kappa shape index (κ3) is 2.22. The van der Waals surface area contributed by atoms with E-state index in [0.29, 0.717) is 4.90 Å². The predicted molar refractivity (Wildman–Crippen MR) is 69.0 cm³/mol. The van der Waals surface area contributed by atoms with Crippen LogP contribution >= 0.6 is 0 Å². The second-order valence-corrected chi connectivity index (χ2v) is 5.56. The maximum Gasteiger partial charge on any atom is 0.233 e. The van der Waals surface area contributed by atoms with Crippen molar-refractivity contribution in [2.75, 3.05) is 0 Å². The lowest BCUT2D eigenvalue weighted by Crippen LogP contribution is -2.29. The zero-order valence-electron chi connectivity index (χ0n) is 9.42. The van der Waals surface area contributed by atoms with Crippen molar-refractivity contribution in [2.24, 2.45) is 5.73 Å². The Morgan fingerprint density at radius 2 is 1.82 bits per heavy atom. The van der Waals surface area contributed by atoms with E-state index in [0.717, 1.165) is 10.8 Å². The summed E-state index contributed by atoms with van der Waals surface area (Å²) in [6.45, 7) is 1.58. The van der Waals surface area contributed by atoms with Crippen molar-refractivity contribution in [3.05, 3.63) is 42.5 Å². The highest BCUT2D eigenvalue weighted by atomic mass is 32.2. The summed E-state index contributed by atoms with van der Waals surface area (Å²) >= 11 is 0. The Morgan fingerprint density at radius 3 is 2.53 bits per heavy atom. The standard InChI is InChI=1S/C13H13NO2S/c1-9(13(14)15)17(16)12-8-4-6-10-5-2-3-7-11(10)12/h2-9H,1H3,(H2,14,15). The molecule has 0 fully saturated rings. The summed E-state index contributed by atoms with van der Waals surface area (Å²) in [6, 6.07) is 13.2. The molecule has 2 rings (SSSR count). The van der Waals surface area contributed by atoms with E-state index >= 15 is 0 Å². The van der Waals surface area contributed by atoms with Gasteiger partial charge in [0.1, 0.15) is 5.25 Å². The minimum Gasteiger partial charge on any atom is -0.369 e. The van der Waals surface area contributed by atoms with Gasteiger partial charge >= 0.3 is 0 Å². The number of primary amides is 1. The molecule has 88 valence electrons. The number of hydrogen-bond donors (Lipinski definition) is 1. The Morgan fingerprint density at radius 1 is 1.18 bits per heavy atom. The van der Waals surface area contributed by atoms with Crippen LogP contribution in [-0.4, -0.2) is 15.4 Å². The van der Waals surface area contributed by atoms with Gasteiger partial charge in [0, 0.05) is 4.90 Å². The topological polar surface area (TPSA) is 60.2 Å². The van der Waals surface area contributed by atoms with Gasteiger partial charge in [-0.05, 0) is 23.8 Å². The van der Waals surface area contributed by atoms with E-state index in [4.69, 9.17) is 5.73 Å². The highest BCUT2D eigenvalue weighted by molar-refractivity contribution is 7.86. The molecule has 0 saturated heterocycles. The zero-order valence-corrected chi connectivity index (χ0v) is 10.2. The number of carbonyl (C=O) groups excluding carboxylic acids is 1. The molecule has 0 aliphatic rings. The van der Waals surface area contributed by atoms with Crippen LogP contribution in [0, 0.1) is 0 Å². The van der Waals surface area contributed by atoms with E-state index < -0.39 is 22.0 Å². The second-order valence-electron chi connectivity index (χ2n) is 3.82. The monoisotopic (exact) mass is 247 g/mol. The van der Waals surface area contributed by atoms with Crippen molar-refractivity contribution in [2.45, 2.75) is 17.1 Å². The molecule has 2 unspecified atom stereocenters. The van der Waals surface area contributed by atoms with Gasteiger partial charge in [-0.25, -0.2) is 0 Å². The number of rotatable bonds is 3. The van der Waals surface area contributed by atoms with E-state index in [-0.39, 0.29) is 0 Å². The Hall–Kier alpha value is -1.68. The molecule has 0 radical (unpaired) electrons. The zero-order chi connectivity index (χ0) is 12.4. The van der Waals surface area contributed by atoms with Crippen LogP contribution in [0.1, 0.15) is 6.92 Å². The number of carbonyl (C=O) groups is 1. The van der Waals surface area contributed by atoms with Gasteiger partial charge in [0.05, 0.1) is 10.8 Å². The number of fused-ring (bicyclic) bond motifs is 1. The summed E-state index contributed by atoms with van der Waals surface area (Å²) in [5.74, 6) is -0.545. The van der Waals surface area contributed by atoms with Crippen LogP contribution in [0.3, 0.4) is 0 Å². The molecule has 4 heteroatoms. The molecule has 0 saturated carbocycles. The van der Waals surface area contributed by atoms with Crippen LogP contribution in [0.25, 0.3) is 10.8 Å². The number of nitrogens with two attached hydrogens (primary N) is 1. The van der Waals surface area contributed by atoms with Crippen molar-refractivity contribution >= 4 is 27.5 Å². The van der Waals surface area contributed by atoms with Crippen LogP contribution in [0.15, 0.2) is 47.4 Å². The first-order valence-electron chi connectivity index (χ1n) is 5.29. The molecule has 2 N–H and O–H groups in total. The first kappa shape index (κ1) is 11.8. The largest absolute Gasteiger partial charge is 0.369 e. The summed E-state index contributed by atoms with van der Waals surface area (Å²) in [5, 5.41) is 1.23. The first-order valence-corrected chi connectivity index (χ1v) is 6.50. The molecule has 2 atom stereocenters. The van der Waals surface area contributed by atoms with E-state index in [1.165, 1.54) is 0 Å². The molecule has 2 aromatic rings. The molecular weight excluding hydrogens is 234 g/mol. The highest BCUT2D eigenvalue weighted by Gasteiger charge is 2.20. The molecule has 2 aromatic carbocycles. The lowest BCUT2D eigenvalue weighted by Gasteiger charge is -2.10. The number of hydrogen-bond acceptors (Lipinski definition) is 2. The first-order chi connectivity index (χ1) is 8.11. The molecule has 0 spiro atoms. The van der Waals surface area contributed by atoms with Crippen LogP contribution in [0.2, 0.25) is 0 Å². The van der Waals surface area contributed by atoms with E-state index in [2.05, 4.69) is 0 Å².